The molecule has 4 aromatic rings. The average Bonchev–Trinajstić information content (AvgIpc) is 3.53. The normalized spacial score (nSPS) is 11.6. The summed E-state index contributed by atoms with van der Waals surface area (Å²) in [6.07, 6.45) is 1.43. The summed E-state index contributed by atoms with van der Waals surface area (Å²) >= 11 is 0.687. The highest BCUT2D eigenvalue weighted by Crippen LogP contribution is 2.31. The minimum atomic E-state index is -1.21. The number of phenols is 1. The Balaban J connectivity index is 1.74. The number of nitrogens with zero attached hydrogens (tertiary/aromatic N) is 2. The zero-order valence-electron chi connectivity index (χ0n) is 19.3. The molecule has 3 amide bonds. The van der Waals surface area contributed by atoms with Gasteiger partial charge in [-0.25, -0.2) is 4.39 Å². The number of nitrogens with two attached hydrogens (primary N) is 2. The number of amides is 3. The van der Waals surface area contributed by atoms with Crippen LogP contribution in [0.5, 0.6) is 5.75 Å². The molecule has 0 unspecified atom stereocenters. The van der Waals surface area contributed by atoms with Gasteiger partial charge in [0.05, 0.1) is 18.5 Å². The summed E-state index contributed by atoms with van der Waals surface area (Å²) < 4.78 is 22.6. The number of nitrogens with one attached hydrogen (secondary N) is 1. The number of phenolic OH excluding ortho intramolecular Hbond substituents is 1. The van der Waals surface area contributed by atoms with E-state index in [4.69, 9.17) is 15.9 Å². The van der Waals surface area contributed by atoms with Crippen LogP contribution < -0.4 is 16.8 Å². The third kappa shape index (κ3) is 5.76. The minimum Gasteiger partial charge on any atom is -0.508 e. The van der Waals surface area contributed by atoms with Crippen LogP contribution in [0.4, 0.5) is 10.1 Å². The van der Waals surface area contributed by atoms with E-state index in [0.717, 1.165) is 0 Å². The molecule has 2 aromatic heterocycles. The van der Waals surface area contributed by atoms with E-state index in [1.165, 1.54) is 59.7 Å². The zero-order chi connectivity index (χ0) is 26.5. The number of carbonyl (C=O) groups is 3. The zero-order valence-corrected chi connectivity index (χ0v) is 20.1. The Kier molecular flexibility index (Phi) is 7.49. The number of rotatable bonds is 9. The molecule has 0 aliphatic rings. The molecule has 10 nitrogen and oxygen atoms in total. The van der Waals surface area contributed by atoms with Crippen LogP contribution in [-0.2, 0) is 17.9 Å². The van der Waals surface area contributed by atoms with Crippen LogP contribution in [-0.4, -0.2) is 32.1 Å². The number of benzene rings is 2. The van der Waals surface area contributed by atoms with E-state index < -0.39 is 29.6 Å². The average molecular weight is 524 g/mol. The lowest BCUT2D eigenvalue weighted by Crippen LogP contribution is -2.43. The first-order valence-corrected chi connectivity index (χ1v) is 11.7. The first-order chi connectivity index (χ1) is 17.7. The van der Waals surface area contributed by atoms with Gasteiger partial charge in [0.25, 0.3) is 11.8 Å². The van der Waals surface area contributed by atoms with Gasteiger partial charge in [0, 0.05) is 6.54 Å². The Bertz CT molecular complexity index is 1400. The number of hydrogen-bond acceptors (Lipinski definition) is 8. The van der Waals surface area contributed by atoms with Crippen LogP contribution in [0.25, 0.3) is 0 Å². The first kappa shape index (κ1) is 25.4. The molecular weight excluding hydrogens is 501 g/mol. The highest BCUT2D eigenvalue weighted by molar-refractivity contribution is 7.09. The second kappa shape index (κ2) is 10.9. The van der Waals surface area contributed by atoms with Gasteiger partial charge in [-0.1, -0.05) is 24.3 Å². The van der Waals surface area contributed by atoms with Gasteiger partial charge in [-0.2, -0.15) is 4.37 Å². The number of halogens is 1. The molecule has 0 spiro atoms. The Labute approximate surface area is 214 Å². The fourth-order valence-corrected chi connectivity index (χ4v) is 4.39. The Hall–Kier alpha value is -4.71. The van der Waals surface area contributed by atoms with Crippen LogP contribution >= 0.6 is 11.5 Å². The fourth-order valence-electron chi connectivity index (χ4n) is 3.63. The Morgan fingerprint density at radius 2 is 1.81 bits per heavy atom. The predicted octanol–water partition coefficient (Wildman–Crippen LogP) is 2.96. The van der Waals surface area contributed by atoms with E-state index in [2.05, 4.69) is 9.69 Å². The highest BCUT2D eigenvalue weighted by Gasteiger charge is 2.35. The standard InChI is InChI=1S/C25H22FN5O5S/c26-16-7-3-14(4-8-16)12-29-24(34)21(15-5-9-17(32)10-6-15)31(13-18-2-1-11-36-18)25(35)22-19(27)20(23(28)33)30-37-22/h1-11,21,32H,12-13,27H2,(H2,28,33)(H,29,34)/t21-/m1/s1. The van der Waals surface area contributed by atoms with Crippen molar-refractivity contribution < 1.29 is 28.3 Å². The summed E-state index contributed by atoms with van der Waals surface area (Å²) in [7, 11) is 0. The summed E-state index contributed by atoms with van der Waals surface area (Å²) in [6, 6.07) is 13.4. The van der Waals surface area contributed by atoms with Gasteiger partial charge in [-0.3, -0.25) is 14.4 Å². The van der Waals surface area contributed by atoms with E-state index in [0.29, 0.717) is 28.4 Å². The van der Waals surface area contributed by atoms with Crippen LogP contribution in [0.15, 0.2) is 71.3 Å². The number of aromatic hydroxyl groups is 1. The smallest absolute Gasteiger partial charge is 0.270 e. The predicted molar refractivity (Wildman–Crippen MR) is 133 cm³/mol. The second-order valence-corrected chi connectivity index (χ2v) is 8.76. The van der Waals surface area contributed by atoms with Gasteiger partial charge in [0.2, 0.25) is 5.91 Å². The van der Waals surface area contributed by atoms with E-state index in [1.807, 2.05) is 0 Å². The number of primary amides is 1. The van der Waals surface area contributed by atoms with Crippen molar-refractivity contribution in [1.29, 1.82) is 0 Å². The maximum atomic E-state index is 13.8. The van der Waals surface area contributed by atoms with Crippen LogP contribution in [0.1, 0.15) is 43.1 Å². The molecular formula is C25H22FN5O5S. The highest BCUT2D eigenvalue weighted by atomic mass is 32.1. The quantitative estimate of drug-likeness (QED) is 0.262. The molecule has 2 aromatic carbocycles. The van der Waals surface area contributed by atoms with E-state index in [9.17, 15) is 23.9 Å². The van der Waals surface area contributed by atoms with Gasteiger partial charge >= 0.3 is 0 Å². The van der Waals surface area contributed by atoms with Gasteiger partial charge in [-0.15, -0.1) is 0 Å². The second-order valence-electron chi connectivity index (χ2n) is 7.99. The molecule has 0 saturated carbocycles. The third-order valence-corrected chi connectivity index (χ3v) is 6.32. The minimum absolute atomic E-state index is 0.0315. The largest absolute Gasteiger partial charge is 0.508 e. The van der Waals surface area contributed by atoms with Crippen molar-refractivity contribution >= 4 is 34.9 Å². The number of furan rings is 1. The summed E-state index contributed by atoms with van der Waals surface area (Å²) in [5.41, 5.74) is 11.9. The van der Waals surface area contributed by atoms with Crippen molar-refractivity contribution in [2.75, 3.05) is 5.73 Å². The van der Waals surface area contributed by atoms with Crippen molar-refractivity contribution in [3.05, 3.63) is 100 Å². The molecule has 0 bridgehead atoms. The van der Waals surface area contributed by atoms with E-state index in [1.54, 1.807) is 12.1 Å². The lowest BCUT2D eigenvalue weighted by Gasteiger charge is -2.30. The van der Waals surface area contributed by atoms with E-state index >= 15 is 0 Å². The molecule has 0 radical (unpaired) electrons. The van der Waals surface area contributed by atoms with Crippen LogP contribution in [0.3, 0.4) is 0 Å². The molecule has 0 fully saturated rings. The SMILES string of the molecule is NC(=O)c1nsc(C(=O)N(Cc2ccco2)[C@@H](C(=O)NCc2ccc(F)cc2)c2ccc(O)cc2)c1N. The lowest BCUT2D eigenvalue weighted by atomic mass is 10.0. The monoisotopic (exact) mass is 523 g/mol. The van der Waals surface area contributed by atoms with Gasteiger partial charge in [-0.05, 0) is 59.1 Å². The first-order valence-electron chi connectivity index (χ1n) is 10.9. The van der Waals surface area contributed by atoms with Crippen molar-refractivity contribution in [2.45, 2.75) is 19.1 Å². The molecule has 190 valence electrons. The van der Waals surface area contributed by atoms with Gasteiger partial charge < -0.3 is 31.2 Å². The molecule has 2 heterocycles. The number of hydrogen-bond donors (Lipinski definition) is 4. The van der Waals surface area contributed by atoms with Crippen molar-refractivity contribution in [3.8, 4) is 5.75 Å². The maximum absolute atomic E-state index is 13.8. The molecule has 0 aliphatic carbocycles. The number of carbonyl (C=O) groups excluding carboxylic acids is 3. The third-order valence-electron chi connectivity index (χ3n) is 5.47. The van der Waals surface area contributed by atoms with Crippen LogP contribution in [0.2, 0.25) is 0 Å². The summed E-state index contributed by atoms with van der Waals surface area (Å²) in [5, 5.41) is 12.6. The summed E-state index contributed by atoms with van der Waals surface area (Å²) in [4.78, 5) is 40.2. The van der Waals surface area contributed by atoms with Gasteiger partial charge in [0.1, 0.15) is 28.2 Å². The van der Waals surface area contributed by atoms with Crippen molar-refractivity contribution in [2.24, 2.45) is 5.73 Å². The molecule has 1 atom stereocenters. The fraction of sp³-hybridized carbons (Fsp3) is 0.120. The molecule has 0 saturated heterocycles. The summed E-state index contributed by atoms with van der Waals surface area (Å²) in [5.74, 6) is -2.21. The number of nitrogen functional groups attached to an aromatic ring is 1. The lowest BCUT2D eigenvalue weighted by molar-refractivity contribution is -0.126. The van der Waals surface area contributed by atoms with Gasteiger partial charge in [0.15, 0.2) is 5.69 Å². The van der Waals surface area contributed by atoms with E-state index in [-0.39, 0.29) is 35.1 Å². The Morgan fingerprint density at radius 3 is 2.41 bits per heavy atom. The topological polar surface area (TPSA) is 165 Å². The van der Waals surface area contributed by atoms with Crippen molar-refractivity contribution in [1.82, 2.24) is 14.6 Å². The molecule has 12 heteroatoms. The molecule has 37 heavy (non-hydrogen) atoms. The number of anilines is 1. The molecule has 6 N–H and O–H groups in total. The molecule has 0 aliphatic heterocycles. The molecule has 4 rings (SSSR count). The maximum Gasteiger partial charge on any atom is 0.270 e. The van der Waals surface area contributed by atoms with Crippen LogP contribution in [0, 0.1) is 5.82 Å². The summed E-state index contributed by atoms with van der Waals surface area (Å²) in [6.45, 7) is -0.0738. The number of aromatic nitrogens is 1. The van der Waals surface area contributed by atoms with Crippen molar-refractivity contribution in [3.63, 3.8) is 0 Å². The Morgan fingerprint density at radius 1 is 1.11 bits per heavy atom.